The van der Waals surface area contributed by atoms with Crippen molar-refractivity contribution in [2.24, 2.45) is 0 Å². The molecule has 7 heteroatoms. The minimum Gasteiger partial charge on any atom is -0.478 e. The van der Waals surface area contributed by atoms with Crippen LogP contribution >= 0.6 is 0 Å². The minimum atomic E-state index is -1.27. The lowest BCUT2D eigenvalue weighted by Crippen LogP contribution is -2.45. The molecule has 0 saturated carbocycles. The SMILES string of the molecule is CCc1nc2cc(C(=O)O)ccc2n1C(CO)(CO)CO. The van der Waals surface area contributed by atoms with Gasteiger partial charge in [-0.05, 0) is 18.2 Å². The van der Waals surface area contributed by atoms with Crippen molar-refractivity contribution >= 4 is 17.0 Å². The third kappa shape index (κ3) is 2.39. The number of carbonyl (C=O) groups is 1. The topological polar surface area (TPSA) is 116 Å². The first-order valence-corrected chi connectivity index (χ1v) is 6.60. The number of aliphatic hydroxyl groups is 3. The Labute approximate surface area is 121 Å². The molecule has 0 spiro atoms. The quantitative estimate of drug-likeness (QED) is 0.594. The number of rotatable bonds is 6. The lowest BCUT2D eigenvalue weighted by atomic mass is 10.0. The lowest BCUT2D eigenvalue weighted by Gasteiger charge is -2.31. The Kier molecular flexibility index (Phi) is 4.26. The average Bonchev–Trinajstić information content (AvgIpc) is 2.88. The standard InChI is InChI=1S/C14H18N2O5/c1-2-12-15-10-5-9(13(20)21)3-4-11(10)16(12)14(6-17,7-18)8-19/h3-5,17-19H,2,6-8H2,1H3,(H,20,21). The van der Waals surface area contributed by atoms with Crippen LogP contribution in [-0.4, -0.2) is 55.8 Å². The first-order valence-electron chi connectivity index (χ1n) is 6.60. The fourth-order valence-electron chi connectivity index (χ4n) is 2.39. The summed E-state index contributed by atoms with van der Waals surface area (Å²) in [6.45, 7) is 0.476. The Bertz CT molecular complexity index is 652. The van der Waals surface area contributed by atoms with Gasteiger partial charge in [0.2, 0.25) is 0 Å². The fraction of sp³-hybridized carbons (Fsp3) is 0.429. The zero-order valence-electron chi connectivity index (χ0n) is 11.7. The van der Waals surface area contributed by atoms with Crippen LogP contribution in [0.2, 0.25) is 0 Å². The molecule has 1 aromatic heterocycles. The van der Waals surface area contributed by atoms with E-state index in [1.165, 1.54) is 12.1 Å². The number of fused-ring (bicyclic) bond motifs is 1. The van der Waals surface area contributed by atoms with Crippen LogP contribution in [0.3, 0.4) is 0 Å². The number of aryl methyl sites for hydroxylation is 1. The zero-order chi connectivity index (χ0) is 15.6. The van der Waals surface area contributed by atoms with Gasteiger partial charge in [-0.25, -0.2) is 9.78 Å². The predicted molar refractivity (Wildman–Crippen MR) is 75.3 cm³/mol. The van der Waals surface area contributed by atoms with Crippen LogP contribution in [0.5, 0.6) is 0 Å². The summed E-state index contributed by atoms with van der Waals surface area (Å²) in [6, 6.07) is 4.43. The maximum atomic E-state index is 11.0. The second kappa shape index (κ2) is 5.80. The molecule has 4 N–H and O–H groups in total. The van der Waals surface area contributed by atoms with E-state index in [0.29, 0.717) is 23.3 Å². The number of carboxylic acid groups (broad SMARTS) is 1. The molecular formula is C14H18N2O5. The number of hydrogen-bond donors (Lipinski definition) is 4. The van der Waals surface area contributed by atoms with Crippen molar-refractivity contribution in [3.63, 3.8) is 0 Å². The molecule has 0 atom stereocenters. The Morgan fingerprint density at radius 1 is 1.24 bits per heavy atom. The smallest absolute Gasteiger partial charge is 0.335 e. The molecule has 2 aromatic rings. The molecule has 0 aliphatic rings. The number of carboxylic acids is 1. The second-order valence-corrected chi connectivity index (χ2v) is 4.92. The highest BCUT2D eigenvalue weighted by molar-refractivity contribution is 5.92. The highest BCUT2D eigenvalue weighted by Crippen LogP contribution is 2.26. The van der Waals surface area contributed by atoms with Gasteiger partial charge < -0.3 is 25.0 Å². The van der Waals surface area contributed by atoms with Gasteiger partial charge in [0.1, 0.15) is 11.4 Å². The van der Waals surface area contributed by atoms with Crippen molar-refractivity contribution in [3.05, 3.63) is 29.6 Å². The third-order valence-electron chi connectivity index (χ3n) is 3.64. The molecule has 0 aliphatic heterocycles. The Morgan fingerprint density at radius 2 is 1.86 bits per heavy atom. The Morgan fingerprint density at radius 3 is 2.33 bits per heavy atom. The normalized spacial score (nSPS) is 12.0. The van der Waals surface area contributed by atoms with Crippen LogP contribution in [0.4, 0.5) is 0 Å². The molecular weight excluding hydrogens is 276 g/mol. The van der Waals surface area contributed by atoms with Crippen LogP contribution < -0.4 is 0 Å². The average molecular weight is 294 g/mol. The largest absolute Gasteiger partial charge is 0.478 e. The van der Waals surface area contributed by atoms with E-state index in [1.807, 2.05) is 6.92 Å². The van der Waals surface area contributed by atoms with Crippen molar-refractivity contribution in [3.8, 4) is 0 Å². The summed E-state index contributed by atoms with van der Waals surface area (Å²) in [5.74, 6) is -0.494. The summed E-state index contributed by atoms with van der Waals surface area (Å²) in [5, 5.41) is 37.8. The van der Waals surface area contributed by atoms with E-state index in [-0.39, 0.29) is 5.56 Å². The molecule has 21 heavy (non-hydrogen) atoms. The van der Waals surface area contributed by atoms with E-state index < -0.39 is 31.3 Å². The number of imidazole rings is 1. The van der Waals surface area contributed by atoms with Crippen LogP contribution in [-0.2, 0) is 12.0 Å². The molecule has 7 nitrogen and oxygen atoms in total. The maximum Gasteiger partial charge on any atom is 0.335 e. The fourth-order valence-corrected chi connectivity index (χ4v) is 2.39. The van der Waals surface area contributed by atoms with Gasteiger partial charge in [0.15, 0.2) is 0 Å². The maximum absolute atomic E-state index is 11.0. The lowest BCUT2D eigenvalue weighted by molar-refractivity contribution is 0.0162. The second-order valence-electron chi connectivity index (χ2n) is 4.92. The number of hydrogen-bond acceptors (Lipinski definition) is 5. The van der Waals surface area contributed by atoms with Gasteiger partial charge in [-0.2, -0.15) is 0 Å². The zero-order valence-corrected chi connectivity index (χ0v) is 11.7. The summed E-state index contributed by atoms with van der Waals surface area (Å²) in [5.41, 5.74) is -0.150. The first kappa shape index (κ1) is 15.4. The number of nitrogens with zero attached hydrogens (tertiary/aromatic N) is 2. The van der Waals surface area contributed by atoms with Gasteiger partial charge in [0, 0.05) is 6.42 Å². The molecule has 114 valence electrons. The van der Waals surface area contributed by atoms with Crippen molar-refractivity contribution in [1.82, 2.24) is 9.55 Å². The highest BCUT2D eigenvalue weighted by Gasteiger charge is 2.34. The van der Waals surface area contributed by atoms with Gasteiger partial charge in [0.05, 0.1) is 36.4 Å². The summed E-state index contributed by atoms with van der Waals surface area (Å²) in [6.07, 6.45) is 0.513. The van der Waals surface area contributed by atoms with E-state index in [4.69, 9.17) is 5.11 Å². The molecule has 0 aliphatic carbocycles. The summed E-state index contributed by atoms with van der Waals surface area (Å²) in [4.78, 5) is 15.4. The predicted octanol–water partition coefficient (Wildman–Crippen LogP) is -0.0309. The number of aromatic carboxylic acids is 1. The Balaban J connectivity index is 2.75. The van der Waals surface area contributed by atoms with E-state index in [1.54, 1.807) is 10.6 Å². The van der Waals surface area contributed by atoms with E-state index in [9.17, 15) is 20.1 Å². The van der Waals surface area contributed by atoms with E-state index >= 15 is 0 Å². The van der Waals surface area contributed by atoms with Gasteiger partial charge in [-0.1, -0.05) is 6.92 Å². The van der Waals surface area contributed by atoms with Crippen LogP contribution in [0, 0.1) is 0 Å². The van der Waals surface area contributed by atoms with Crippen LogP contribution in [0.25, 0.3) is 11.0 Å². The van der Waals surface area contributed by atoms with Gasteiger partial charge in [-0.3, -0.25) is 0 Å². The summed E-state index contributed by atoms with van der Waals surface area (Å²) < 4.78 is 1.59. The molecule has 2 rings (SSSR count). The van der Waals surface area contributed by atoms with Crippen molar-refractivity contribution < 1.29 is 25.2 Å². The van der Waals surface area contributed by atoms with Crippen LogP contribution in [0.1, 0.15) is 23.1 Å². The van der Waals surface area contributed by atoms with Crippen LogP contribution in [0.15, 0.2) is 18.2 Å². The molecule has 1 aromatic carbocycles. The van der Waals surface area contributed by atoms with E-state index in [2.05, 4.69) is 4.98 Å². The van der Waals surface area contributed by atoms with Crippen molar-refractivity contribution in [2.75, 3.05) is 19.8 Å². The molecule has 1 heterocycles. The number of aliphatic hydroxyl groups excluding tert-OH is 3. The number of aromatic nitrogens is 2. The van der Waals surface area contributed by atoms with Crippen molar-refractivity contribution in [1.29, 1.82) is 0 Å². The molecule has 0 radical (unpaired) electrons. The highest BCUT2D eigenvalue weighted by atomic mass is 16.4. The molecule has 0 amide bonds. The number of benzene rings is 1. The third-order valence-corrected chi connectivity index (χ3v) is 3.64. The van der Waals surface area contributed by atoms with Gasteiger partial charge >= 0.3 is 5.97 Å². The van der Waals surface area contributed by atoms with Gasteiger partial charge in [0.25, 0.3) is 0 Å². The van der Waals surface area contributed by atoms with Gasteiger partial charge in [-0.15, -0.1) is 0 Å². The Hall–Kier alpha value is -1.96. The van der Waals surface area contributed by atoms with Crippen molar-refractivity contribution in [2.45, 2.75) is 18.9 Å². The molecule has 0 bridgehead atoms. The first-order chi connectivity index (χ1) is 10.0. The van der Waals surface area contributed by atoms with E-state index in [0.717, 1.165) is 0 Å². The molecule has 0 fully saturated rings. The monoisotopic (exact) mass is 294 g/mol. The summed E-state index contributed by atoms with van der Waals surface area (Å²) in [7, 11) is 0. The molecule has 0 saturated heterocycles. The summed E-state index contributed by atoms with van der Waals surface area (Å²) >= 11 is 0. The minimum absolute atomic E-state index is 0.109. The molecule has 0 unspecified atom stereocenters.